The van der Waals surface area contributed by atoms with Gasteiger partial charge < -0.3 is 9.84 Å². The van der Waals surface area contributed by atoms with E-state index in [-0.39, 0.29) is 11.7 Å². The Morgan fingerprint density at radius 2 is 2.08 bits per heavy atom. The largest absolute Gasteiger partial charge is 0.366 e. The summed E-state index contributed by atoms with van der Waals surface area (Å²) in [7, 11) is 0. The molecule has 0 saturated heterocycles. The van der Waals surface area contributed by atoms with Crippen LogP contribution in [0.2, 0.25) is 0 Å². The molecule has 5 nitrogen and oxygen atoms in total. The van der Waals surface area contributed by atoms with Crippen LogP contribution in [0.3, 0.4) is 0 Å². The number of nitrogens with one attached hydrogen (secondary N) is 1. The smallest absolute Gasteiger partial charge is 0.258 e. The Bertz CT molecular complexity index is 850. The summed E-state index contributed by atoms with van der Waals surface area (Å²) in [6, 6.07) is 8.20. The minimum Gasteiger partial charge on any atom is -0.366 e. The zero-order chi connectivity index (χ0) is 17.1. The fraction of sp³-hybridized carbons (Fsp3) is 0.235. The third-order valence-electron chi connectivity index (χ3n) is 3.43. The SMILES string of the molecule is CC(C)c1noc(-c2ccnc(NCc3cc(F)ccc3Br)c2)n1. The standard InChI is InChI=1S/C17H16BrFN4O/c1-10(2)16-22-17(24-23-16)11-5-6-20-15(8-11)21-9-12-7-13(19)3-4-14(12)18/h3-8,10H,9H2,1-2H3,(H,20,21). The van der Waals surface area contributed by atoms with Crippen molar-refractivity contribution < 1.29 is 8.91 Å². The predicted molar refractivity (Wildman–Crippen MR) is 93.0 cm³/mol. The molecule has 0 unspecified atom stereocenters. The molecule has 0 radical (unpaired) electrons. The molecule has 0 fully saturated rings. The molecule has 0 spiro atoms. The highest BCUT2D eigenvalue weighted by atomic mass is 79.9. The first-order valence-corrected chi connectivity index (χ1v) is 8.30. The maximum Gasteiger partial charge on any atom is 0.258 e. The lowest BCUT2D eigenvalue weighted by Gasteiger charge is -2.08. The van der Waals surface area contributed by atoms with Gasteiger partial charge in [-0.25, -0.2) is 9.37 Å². The third-order valence-corrected chi connectivity index (χ3v) is 4.21. The van der Waals surface area contributed by atoms with Crippen molar-refractivity contribution in [3.63, 3.8) is 0 Å². The summed E-state index contributed by atoms with van der Waals surface area (Å²) in [5.41, 5.74) is 1.59. The molecule has 0 saturated carbocycles. The number of anilines is 1. The van der Waals surface area contributed by atoms with E-state index < -0.39 is 0 Å². The Morgan fingerprint density at radius 3 is 2.83 bits per heavy atom. The van der Waals surface area contributed by atoms with E-state index in [9.17, 15) is 4.39 Å². The van der Waals surface area contributed by atoms with Gasteiger partial charge in [-0.2, -0.15) is 4.98 Å². The van der Waals surface area contributed by atoms with Crippen molar-refractivity contribution in [2.75, 3.05) is 5.32 Å². The molecule has 0 aliphatic carbocycles. The summed E-state index contributed by atoms with van der Waals surface area (Å²) in [4.78, 5) is 8.64. The van der Waals surface area contributed by atoms with Crippen LogP contribution < -0.4 is 5.32 Å². The quantitative estimate of drug-likeness (QED) is 0.679. The first kappa shape index (κ1) is 16.6. The van der Waals surface area contributed by atoms with E-state index in [1.807, 2.05) is 19.9 Å². The number of pyridine rings is 1. The van der Waals surface area contributed by atoms with Gasteiger partial charge in [0.15, 0.2) is 5.82 Å². The molecule has 24 heavy (non-hydrogen) atoms. The molecular formula is C17H16BrFN4O. The maximum absolute atomic E-state index is 13.3. The molecule has 0 aliphatic rings. The molecular weight excluding hydrogens is 375 g/mol. The zero-order valence-electron chi connectivity index (χ0n) is 13.3. The van der Waals surface area contributed by atoms with Crippen LogP contribution in [0.1, 0.15) is 31.2 Å². The minimum atomic E-state index is -0.274. The Morgan fingerprint density at radius 1 is 1.25 bits per heavy atom. The van der Waals surface area contributed by atoms with E-state index in [0.717, 1.165) is 15.6 Å². The highest BCUT2D eigenvalue weighted by Crippen LogP contribution is 2.23. The number of hydrogen-bond acceptors (Lipinski definition) is 5. The van der Waals surface area contributed by atoms with Crippen LogP contribution in [0.4, 0.5) is 10.2 Å². The summed E-state index contributed by atoms with van der Waals surface area (Å²) in [6.07, 6.45) is 1.66. The van der Waals surface area contributed by atoms with Gasteiger partial charge in [-0.15, -0.1) is 0 Å². The van der Waals surface area contributed by atoms with E-state index in [1.54, 1.807) is 18.3 Å². The second kappa shape index (κ2) is 7.09. The van der Waals surface area contributed by atoms with Gasteiger partial charge in [-0.05, 0) is 35.9 Å². The van der Waals surface area contributed by atoms with E-state index in [2.05, 4.69) is 36.4 Å². The molecule has 7 heteroatoms. The number of rotatable bonds is 5. The number of nitrogens with zero attached hydrogens (tertiary/aromatic N) is 3. The molecule has 3 aromatic rings. The van der Waals surface area contributed by atoms with E-state index >= 15 is 0 Å². The Balaban J connectivity index is 1.76. The molecule has 2 aromatic heterocycles. The average Bonchev–Trinajstić information content (AvgIpc) is 3.06. The van der Waals surface area contributed by atoms with Gasteiger partial charge in [-0.3, -0.25) is 0 Å². The van der Waals surface area contributed by atoms with E-state index in [4.69, 9.17) is 4.52 Å². The molecule has 0 bridgehead atoms. The van der Waals surface area contributed by atoms with Crippen molar-refractivity contribution >= 4 is 21.7 Å². The molecule has 2 heterocycles. The molecule has 3 rings (SSSR count). The first-order valence-electron chi connectivity index (χ1n) is 7.51. The summed E-state index contributed by atoms with van der Waals surface area (Å²) >= 11 is 3.41. The number of halogens is 2. The molecule has 124 valence electrons. The van der Waals surface area contributed by atoms with Gasteiger partial charge in [0.1, 0.15) is 11.6 Å². The topological polar surface area (TPSA) is 63.8 Å². The summed E-state index contributed by atoms with van der Waals surface area (Å²) in [6.45, 7) is 4.45. The monoisotopic (exact) mass is 390 g/mol. The van der Waals surface area contributed by atoms with Crippen LogP contribution in [0.25, 0.3) is 11.5 Å². The normalized spacial score (nSPS) is 11.0. The van der Waals surface area contributed by atoms with E-state index in [0.29, 0.717) is 24.1 Å². The summed E-state index contributed by atoms with van der Waals surface area (Å²) in [5.74, 6) is 1.69. The van der Waals surface area contributed by atoms with Crippen LogP contribution in [-0.4, -0.2) is 15.1 Å². The summed E-state index contributed by atoms with van der Waals surface area (Å²) < 4.78 is 19.5. The van der Waals surface area contributed by atoms with Crippen LogP contribution in [-0.2, 0) is 6.54 Å². The fourth-order valence-electron chi connectivity index (χ4n) is 2.11. The van der Waals surface area contributed by atoms with Crippen molar-refractivity contribution in [2.24, 2.45) is 0 Å². The van der Waals surface area contributed by atoms with Crippen molar-refractivity contribution in [1.29, 1.82) is 0 Å². The highest BCUT2D eigenvalue weighted by Gasteiger charge is 2.12. The van der Waals surface area contributed by atoms with Crippen molar-refractivity contribution in [1.82, 2.24) is 15.1 Å². The lowest BCUT2D eigenvalue weighted by atomic mass is 10.2. The lowest BCUT2D eigenvalue weighted by molar-refractivity contribution is 0.419. The van der Waals surface area contributed by atoms with Gasteiger partial charge in [0.2, 0.25) is 0 Å². The van der Waals surface area contributed by atoms with Gasteiger partial charge in [-0.1, -0.05) is 34.9 Å². The Labute approximate surface area is 147 Å². The zero-order valence-corrected chi connectivity index (χ0v) is 14.8. The van der Waals surface area contributed by atoms with Crippen LogP contribution in [0.15, 0.2) is 45.5 Å². The highest BCUT2D eigenvalue weighted by molar-refractivity contribution is 9.10. The fourth-order valence-corrected chi connectivity index (χ4v) is 2.50. The Hall–Kier alpha value is -2.28. The first-order chi connectivity index (χ1) is 11.5. The van der Waals surface area contributed by atoms with Gasteiger partial charge in [0.05, 0.1) is 0 Å². The van der Waals surface area contributed by atoms with Gasteiger partial charge in [0.25, 0.3) is 5.89 Å². The second-order valence-electron chi connectivity index (χ2n) is 5.63. The molecule has 0 atom stereocenters. The minimum absolute atomic E-state index is 0.201. The lowest BCUT2D eigenvalue weighted by Crippen LogP contribution is -2.02. The van der Waals surface area contributed by atoms with Crippen molar-refractivity contribution in [3.05, 3.63) is 58.2 Å². The molecule has 0 aliphatic heterocycles. The van der Waals surface area contributed by atoms with Gasteiger partial charge in [0, 0.05) is 28.7 Å². The maximum atomic E-state index is 13.3. The number of aromatic nitrogens is 3. The van der Waals surface area contributed by atoms with Crippen LogP contribution in [0.5, 0.6) is 0 Å². The molecule has 1 aromatic carbocycles. The average molecular weight is 391 g/mol. The summed E-state index contributed by atoms with van der Waals surface area (Å²) in [5, 5.41) is 7.13. The van der Waals surface area contributed by atoms with Crippen LogP contribution >= 0.6 is 15.9 Å². The molecule has 0 amide bonds. The number of benzene rings is 1. The van der Waals surface area contributed by atoms with Crippen LogP contribution in [0, 0.1) is 5.82 Å². The van der Waals surface area contributed by atoms with Crippen molar-refractivity contribution in [3.8, 4) is 11.5 Å². The van der Waals surface area contributed by atoms with Gasteiger partial charge >= 0.3 is 0 Å². The van der Waals surface area contributed by atoms with E-state index in [1.165, 1.54) is 12.1 Å². The Kier molecular flexibility index (Phi) is 4.89. The van der Waals surface area contributed by atoms with Crippen molar-refractivity contribution in [2.45, 2.75) is 26.3 Å². The number of hydrogen-bond donors (Lipinski definition) is 1. The molecule has 1 N–H and O–H groups in total. The predicted octanol–water partition coefficient (Wildman–Crippen LogP) is 4.77. The second-order valence-corrected chi connectivity index (χ2v) is 6.49. The third kappa shape index (κ3) is 3.79.